The number of halogens is 2. The van der Waals surface area contributed by atoms with Crippen LogP contribution in [0.2, 0.25) is 0 Å². The highest BCUT2D eigenvalue weighted by Gasteiger charge is 2.34. The van der Waals surface area contributed by atoms with Crippen molar-refractivity contribution in [2.24, 2.45) is 0 Å². The van der Waals surface area contributed by atoms with Crippen LogP contribution in [0, 0.1) is 11.6 Å². The summed E-state index contributed by atoms with van der Waals surface area (Å²) in [6.45, 7) is 1.68. The average Bonchev–Trinajstić information content (AvgIpc) is 3.08. The zero-order valence-corrected chi connectivity index (χ0v) is 15.3. The summed E-state index contributed by atoms with van der Waals surface area (Å²) in [6, 6.07) is 1.69. The van der Waals surface area contributed by atoms with Gasteiger partial charge in [-0.15, -0.1) is 0 Å². The van der Waals surface area contributed by atoms with Crippen molar-refractivity contribution >= 4 is 38.5 Å². The van der Waals surface area contributed by atoms with Crippen LogP contribution < -0.4 is 0 Å². The highest BCUT2D eigenvalue weighted by Crippen LogP contribution is 2.27. The molecule has 2 unspecified atom stereocenters. The fourth-order valence-corrected chi connectivity index (χ4v) is 5.50. The van der Waals surface area contributed by atoms with Crippen LogP contribution in [-0.2, 0) is 14.6 Å². The van der Waals surface area contributed by atoms with Gasteiger partial charge in [-0.1, -0.05) is 11.8 Å². The molecule has 2 heterocycles. The Bertz CT molecular complexity index is 890. The molecule has 1 saturated heterocycles. The van der Waals surface area contributed by atoms with Gasteiger partial charge in [0.25, 0.3) is 0 Å². The molecule has 1 aromatic carbocycles. The summed E-state index contributed by atoms with van der Waals surface area (Å²) in [5.74, 6) is -2.10. The van der Waals surface area contributed by atoms with Gasteiger partial charge in [0.15, 0.2) is 26.6 Å². The Kier molecular flexibility index (Phi) is 4.76. The first-order valence-corrected chi connectivity index (χ1v) is 10.3. The number of aromatic nitrogens is 2. The number of imidazole rings is 1. The van der Waals surface area contributed by atoms with E-state index < -0.39 is 26.7 Å². The van der Waals surface area contributed by atoms with Crippen molar-refractivity contribution in [3.8, 4) is 0 Å². The Hall–Kier alpha value is -1.68. The molecule has 1 amide bonds. The van der Waals surface area contributed by atoms with E-state index in [1.54, 1.807) is 14.0 Å². The maximum absolute atomic E-state index is 13.3. The van der Waals surface area contributed by atoms with E-state index in [4.69, 9.17) is 0 Å². The minimum Gasteiger partial charge on any atom is -0.341 e. The molecule has 3 rings (SSSR count). The van der Waals surface area contributed by atoms with Gasteiger partial charge in [0, 0.05) is 25.2 Å². The maximum Gasteiger partial charge on any atom is 0.235 e. The molecule has 10 heteroatoms. The number of benzene rings is 1. The summed E-state index contributed by atoms with van der Waals surface area (Å²) in [5.41, 5.74) is 0.618. The number of nitrogens with one attached hydrogen (secondary N) is 1. The zero-order valence-electron chi connectivity index (χ0n) is 13.6. The number of nitrogens with zero attached hydrogens (tertiary/aromatic N) is 2. The first-order chi connectivity index (χ1) is 11.7. The molecule has 6 nitrogen and oxygen atoms in total. The molecule has 0 spiro atoms. The van der Waals surface area contributed by atoms with E-state index in [0.717, 1.165) is 23.9 Å². The summed E-state index contributed by atoms with van der Waals surface area (Å²) in [5, 5.41) is -0.156. The van der Waals surface area contributed by atoms with Gasteiger partial charge in [-0.25, -0.2) is 22.2 Å². The molecule has 0 saturated carbocycles. The molecule has 1 fully saturated rings. The topological polar surface area (TPSA) is 83.1 Å². The van der Waals surface area contributed by atoms with Crippen molar-refractivity contribution < 1.29 is 22.0 Å². The Balaban J connectivity index is 1.71. The van der Waals surface area contributed by atoms with Gasteiger partial charge in [-0.05, 0) is 13.3 Å². The molecule has 136 valence electrons. The van der Waals surface area contributed by atoms with Gasteiger partial charge in [0.2, 0.25) is 5.91 Å². The van der Waals surface area contributed by atoms with Crippen molar-refractivity contribution in [3.63, 3.8) is 0 Å². The third-order valence-electron chi connectivity index (χ3n) is 4.24. The largest absolute Gasteiger partial charge is 0.341 e. The molecule has 0 bridgehead atoms. The number of sulfone groups is 1. The molecular formula is C15H17F2N3O3S2. The summed E-state index contributed by atoms with van der Waals surface area (Å²) in [7, 11) is -1.48. The molecule has 1 aliphatic rings. The Morgan fingerprint density at radius 2 is 2.08 bits per heavy atom. The van der Waals surface area contributed by atoms with Crippen molar-refractivity contribution in [2.45, 2.75) is 29.8 Å². The van der Waals surface area contributed by atoms with Crippen LogP contribution in [0.25, 0.3) is 11.0 Å². The van der Waals surface area contributed by atoms with Gasteiger partial charge in [0.1, 0.15) is 0 Å². The lowest BCUT2D eigenvalue weighted by Crippen LogP contribution is -2.41. The van der Waals surface area contributed by atoms with Crippen LogP contribution in [0.15, 0.2) is 17.3 Å². The number of aromatic amines is 1. The SMILES string of the molecule is CC(Sc1nc2cc(F)c(F)cc2[nH]1)C(=O)N(C)C1CCS(=O)(=O)C1. The van der Waals surface area contributed by atoms with Crippen LogP contribution >= 0.6 is 11.8 Å². The fraction of sp³-hybridized carbons (Fsp3) is 0.467. The molecule has 2 aromatic rings. The maximum atomic E-state index is 13.3. The molecule has 1 aliphatic heterocycles. The van der Waals surface area contributed by atoms with Gasteiger partial charge in [-0.2, -0.15) is 0 Å². The van der Waals surface area contributed by atoms with Crippen LogP contribution in [0.5, 0.6) is 0 Å². The van der Waals surface area contributed by atoms with E-state index in [2.05, 4.69) is 9.97 Å². The summed E-state index contributed by atoms with van der Waals surface area (Å²) in [6.07, 6.45) is 0.436. The number of fused-ring (bicyclic) bond motifs is 1. The second kappa shape index (κ2) is 6.56. The molecule has 2 atom stereocenters. The zero-order chi connectivity index (χ0) is 18.4. The van der Waals surface area contributed by atoms with Crippen molar-refractivity contribution in [1.29, 1.82) is 0 Å². The first-order valence-electron chi connectivity index (χ1n) is 7.65. The normalized spacial score (nSPS) is 20.7. The molecule has 0 radical (unpaired) electrons. The molecule has 1 aromatic heterocycles. The fourth-order valence-electron chi connectivity index (χ4n) is 2.80. The highest BCUT2D eigenvalue weighted by atomic mass is 32.2. The monoisotopic (exact) mass is 389 g/mol. The molecule has 1 N–H and O–H groups in total. The predicted molar refractivity (Wildman–Crippen MR) is 91.2 cm³/mol. The second-order valence-corrected chi connectivity index (χ2v) is 9.65. The average molecular weight is 389 g/mol. The van der Waals surface area contributed by atoms with E-state index in [1.807, 2.05) is 0 Å². The van der Waals surface area contributed by atoms with E-state index in [1.165, 1.54) is 4.90 Å². The molecular weight excluding hydrogens is 372 g/mol. The molecule has 0 aliphatic carbocycles. The summed E-state index contributed by atoms with van der Waals surface area (Å²) in [4.78, 5) is 21.0. The third-order valence-corrected chi connectivity index (χ3v) is 6.96. The van der Waals surface area contributed by atoms with Crippen LogP contribution in [0.4, 0.5) is 8.78 Å². The van der Waals surface area contributed by atoms with Gasteiger partial charge >= 0.3 is 0 Å². The van der Waals surface area contributed by atoms with E-state index >= 15 is 0 Å². The molecule has 25 heavy (non-hydrogen) atoms. The van der Waals surface area contributed by atoms with Gasteiger partial charge in [0.05, 0.1) is 27.8 Å². The summed E-state index contributed by atoms with van der Waals surface area (Å²) < 4.78 is 49.6. The smallest absolute Gasteiger partial charge is 0.235 e. The minimum absolute atomic E-state index is 0.0180. The number of hydrogen-bond acceptors (Lipinski definition) is 5. The van der Waals surface area contributed by atoms with E-state index in [0.29, 0.717) is 17.1 Å². The quantitative estimate of drug-likeness (QED) is 0.809. The van der Waals surface area contributed by atoms with E-state index in [-0.39, 0.29) is 29.0 Å². The van der Waals surface area contributed by atoms with Crippen LogP contribution in [0.3, 0.4) is 0 Å². The minimum atomic E-state index is -3.07. The lowest BCUT2D eigenvalue weighted by molar-refractivity contribution is -0.130. The number of carbonyl (C=O) groups is 1. The predicted octanol–water partition coefficient (Wildman–Crippen LogP) is 1.97. The van der Waals surface area contributed by atoms with Gasteiger partial charge < -0.3 is 9.88 Å². The van der Waals surface area contributed by atoms with Crippen LogP contribution in [0.1, 0.15) is 13.3 Å². The number of rotatable bonds is 4. The van der Waals surface area contributed by atoms with Gasteiger partial charge in [-0.3, -0.25) is 4.79 Å². The number of hydrogen-bond donors (Lipinski definition) is 1. The van der Waals surface area contributed by atoms with Crippen molar-refractivity contribution in [2.75, 3.05) is 18.6 Å². The number of carbonyl (C=O) groups excluding carboxylic acids is 1. The first kappa shape index (κ1) is 18.1. The lowest BCUT2D eigenvalue weighted by atomic mass is 10.2. The van der Waals surface area contributed by atoms with Crippen molar-refractivity contribution in [1.82, 2.24) is 14.9 Å². The third kappa shape index (κ3) is 3.79. The van der Waals surface area contributed by atoms with Crippen LogP contribution in [-0.4, -0.2) is 59.0 Å². The summed E-state index contributed by atoms with van der Waals surface area (Å²) >= 11 is 1.12. The Labute approximate surface area is 147 Å². The Morgan fingerprint density at radius 3 is 2.72 bits per heavy atom. The second-order valence-electron chi connectivity index (χ2n) is 6.09. The van der Waals surface area contributed by atoms with E-state index in [9.17, 15) is 22.0 Å². The lowest BCUT2D eigenvalue weighted by Gasteiger charge is -2.25. The standard InChI is InChI=1S/C15H17F2N3O3S2/c1-8(14(21)20(2)9-3-4-25(22,23)7-9)24-15-18-12-5-10(16)11(17)6-13(12)19-15/h5-6,8-9H,3-4,7H2,1-2H3,(H,18,19). The number of amides is 1. The number of thioether (sulfide) groups is 1. The Morgan fingerprint density at radius 1 is 1.40 bits per heavy atom. The van der Waals surface area contributed by atoms with Crippen molar-refractivity contribution in [3.05, 3.63) is 23.8 Å². The number of H-pyrrole nitrogens is 1. The highest BCUT2D eigenvalue weighted by molar-refractivity contribution is 8.00.